The molecule has 0 bridgehead atoms. The molecule has 0 heteroatoms. The van der Waals surface area contributed by atoms with Gasteiger partial charge in [0.05, 0.1) is 0 Å². The normalized spacial score (nSPS) is 42.4. The molecule has 2 saturated carbocycles. The lowest BCUT2D eigenvalue weighted by Gasteiger charge is -2.48. The van der Waals surface area contributed by atoms with Crippen LogP contribution in [0.15, 0.2) is 0 Å². The third kappa shape index (κ3) is 1.90. The van der Waals surface area contributed by atoms with Crippen molar-refractivity contribution < 1.29 is 0 Å². The van der Waals surface area contributed by atoms with Gasteiger partial charge in [0.2, 0.25) is 0 Å². The van der Waals surface area contributed by atoms with Crippen LogP contribution < -0.4 is 0 Å². The van der Waals surface area contributed by atoms with Crippen LogP contribution in [0.4, 0.5) is 0 Å². The van der Waals surface area contributed by atoms with Crippen LogP contribution in [0.5, 0.6) is 0 Å². The van der Waals surface area contributed by atoms with E-state index in [1.54, 1.807) is 0 Å². The van der Waals surface area contributed by atoms with Gasteiger partial charge in [0.25, 0.3) is 0 Å². The summed E-state index contributed by atoms with van der Waals surface area (Å²) >= 11 is 0. The van der Waals surface area contributed by atoms with Crippen molar-refractivity contribution in [3.8, 4) is 49.4 Å². The largest absolute Gasteiger partial charge is 0.120 e. The lowest BCUT2D eigenvalue weighted by molar-refractivity contribution is 0.0445. The molecule has 0 aromatic heterocycles. The van der Waals surface area contributed by atoms with Crippen LogP contribution in [0.3, 0.4) is 0 Å². The second-order valence-electron chi connectivity index (χ2n) is 5.40. The highest BCUT2D eigenvalue weighted by Crippen LogP contribution is 2.51. The number of rotatable bonds is 0. The molecule has 0 spiro atoms. The molecule has 2 aliphatic carbocycles. The highest BCUT2D eigenvalue weighted by molar-refractivity contribution is 5.18. The second kappa shape index (κ2) is 5.26. The van der Waals surface area contributed by atoms with Gasteiger partial charge in [0, 0.05) is 23.7 Å². The van der Waals surface area contributed by atoms with Gasteiger partial charge < -0.3 is 0 Å². The van der Waals surface area contributed by atoms with E-state index in [0.717, 1.165) is 25.7 Å². The van der Waals surface area contributed by atoms with Crippen LogP contribution in [0.2, 0.25) is 0 Å². The molecule has 4 atom stereocenters. The van der Waals surface area contributed by atoms with E-state index < -0.39 is 0 Å². The van der Waals surface area contributed by atoms with Gasteiger partial charge in [-0.25, -0.2) is 0 Å². The van der Waals surface area contributed by atoms with E-state index in [1.807, 2.05) is 0 Å². The quantitative estimate of drug-likeness (QED) is 0.565. The Kier molecular flexibility index (Phi) is 3.71. The zero-order chi connectivity index (χ0) is 13.1. The molecule has 0 aromatic carbocycles. The maximum Gasteiger partial charge on any atom is 0.0244 e. The van der Waals surface area contributed by atoms with Crippen LogP contribution in [0.25, 0.3) is 0 Å². The zero-order valence-corrected chi connectivity index (χ0v) is 10.6. The molecule has 0 nitrogen and oxygen atoms in total. The van der Waals surface area contributed by atoms with Gasteiger partial charge in [-0.2, -0.15) is 0 Å². The summed E-state index contributed by atoms with van der Waals surface area (Å²) in [6.45, 7) is 0. The van der Waals surface area contributed by atoms with Gasteiger partial charge in [-0.05, 0) is 37.5 Å². The predicted molar refractivity (Wildman–Crippen MR) is 74.7 cm³/mol. The summed E-state index contributed by atoms with van der Waals surface area (Å²) in [5.74, 6) is 13.3. The minimum absolute atomic E-state index is 0.247. The Morgan fingerprint density at radius 1 is 0.500 bits per heavy atom. The average Bonchev–Trinajstić information content (AvgIpc) is 2.44. The van der Waals surface area contributed by atoms with Gasteiger partial charge >= 0.3 is 0 Å². The summed E-state index contributed by atoms with van der Waals surface area (Å²) in [6.07, 6.45) is 26.7. The molecule has 0 aromatic rings. The fourth-order valence-electron chi connectivity index (χ4n) is 3.90. The molecule has 0 saturated heterocycles. The Bertz CT molecular complexity index is 380. The Hall–Kier alpha value is -1.76. The Labute approximate surface area is 111 Å². The van der Waals surface area contributed by atoms with Crippen molar-refractivity contribution in [1.29, 1.82) is 0 Å². The van der Waals surface area contributed by atoms with Gasteiger partial charge in [0.15, 0.2) is 0 Å². The van der Waals surface area contributed by atoms with Crippen molar-refractivity contribution in [2.24, 2.45) is 35.5 Å². The maximum absolute atomic E-state index is 5.68. The standard InChI is InChI=1S/C18H18/c1-5-13-9-10-15(7-3)18-16(8-4)12-11-14(6-2)17(13)18/h1-4,13-18H,9-12H2. The van der Waals surface area contributed by atoms with Gasteiger partial charge in [0.1, 0.15) is 0 Å². The minimum Gasteiger partial charge on any atom is -0.120 e. The van der Waals surface area contributed by atoms with Crippen LogP contribution in [-0.4, -0.2) is 0 Å². The Morgan fingerprint density at radius 3 is 0.889 bits per heavy atom. The molecule has 90 valence electrons. The summed E-state index contributed by atoms with van der Waals surface area (Å²) in [5.41, 5.74) is 0. The molecular weight excluding hydrogens is 216 g/mol. The van der Waals surface area contributed by atoms with E-state index in [1.165, 1.54) is 0 Å². The SMILES string of the molecule is C#CC1CCC(C#C)C2C(C#C)CCC(C#C)C12. The Morgan fingerprint density at radius 2 is 0.722 bits per heavy atom. The molecule has 0 aliphatic heterocycles. The fraction of sp³-hybridized carbons (Fsp3) is 0.556. The number of hydrogen-bond donors (Lipinski definition) is 0. The molecule has 0 N–H and O–H groups in total. The number of hydrogen-bond acceptors (Lipinski definition) is 0. The molecule has 2 fully saturated rings. The zero-order valence-electron chi connectivity index (χ0n) is 10.6. The van der Waals surface area contributed by atoms with Crippen LogP contribution in [0.1, 0.15) is 25.7 Å². The topological polar surface area (TPSA) is 0 Å². The first-order chi connectivity index (χ1) is 8.76. The fourth-order valence-corrected chi connectivity index (χ4v) is 3.90. The van der Waals surface area contributed by atoms with E-state index in [9.17, 15) is 0 Å². The van der Waals surface area contributed by atoms with E-state index in [4.69, 9.17) is 25.7 Å². The second-order valence-corrected chi connectivity index (χ2v) is 5.40. The third-order valence-corrected chi connectivity index (χ3v) is 4.74. The third-order valence-electron chi connectivity index (χ3n) is 4.74. The van der Waals surface area contributed by atoms with E-state index in [0.29, 0.717) is 11.8 Å². The lowest BCUT2D eigenvalue weighted by Crippen LogP contribution is -2.44. The maximum atomic E-state index is 5.68. The summed E-state index contributed by atoms with van der Waals surface area (Å²) in [6, 6.07) is 0. The molecule has 2 aliphatic rings. The van der Waals surface area contributed by atoms with Crippen molar-refractivity contribution in [3.63, 3.8) is 0 Å². The van der Waals surface area contributed by atoms with Crippen LogP contribution >= 0.6 is 0 Å². The summed E-state index contributed by atoms with van der Waals surface area (Å²) < 4.78 is 0. The molecule has 2 rings (SSSR count). The predicted octanol–water partition coefficient (Wildman–Crippen LogP) is 2.80. The van der Waals surface area contributed by atoms with Crippen molar-refractivity contribution in [1.82, 2.24) is 0 Å². The lowest BCUT2D eigenvalue weighted by atomic mass is 9.54. The van der Waals surface area contributed by atoms with E-state index >= 15 is 0 Å². The van der Waals surface area contributed by atoms with Gasteiger partial charge in [-0.3, -0.25) is 0 Å². The van der Waals surface area contributed by atoms with Crippen molar-refractivity contribution >= 4 is 0 Å². The molecular formula is C18H18. The summed E-state index contributed by atoms with van der Waals surface area (Å²) in [5, 5.41) is 0. The molecule has 0 amide bonds. The average molecular weight is 234 g/mol. The summed E-state index contributed by atoms with van der Waals surface area (Å²) in [4.78, 5) is 0. The summed E-state index contributed by atoms with van der Waals surface area (Å²) in [7, 11) is 0. The van der Waals surface area contributed by atoms with Crippen molar-refractivity contribution in [2.75, 3.05) is 0 Å². The number of terminal acetylenes is 4. The first-order valence-electron chi connectivity index (χ1n) is 6.61. The number of fused-ring (bicyclic) bond motifs is 1. The highest BCUT2D eigenvalue weighted by atomic mass is 14.5. The first-order valence-corrected chi connectivity index (χ1v) is 6.61. The Balaban J connectivity index is 2.39. The molecule has 0 radical (unpaired) electrons. The monoisotopic (exact) mass is 234 g/mol. The minimum atomic E-state index is 0.247. The van der Waals surface area contributed by atoms with Crippen LogP contribution in [-0.2, 0) is 0 Å². The molecule has 18 heavy (non-hydrogen) atoms. The highest BCUT2D eigenvalue weighted by Gasteiger charge is 2.47. The van der Waals surface area contributed by atoms with Crippen molar-refractivity contribution in [3.05, 3.63) is 0 Å². The van der Waals surface area contributed by atoms with Crippen molar-refractivity contribution in [2.45, 2.75) is 25.7 Å². The van der Waals surface area contributed by atoms with E-state index in [-0.39, 0.29) is 23.7 Å². The van der Waals surface area contributed by atoms with Gasteiger partial charge in [-0.1, -0.05) is 0 Å². The first kappa shape index (κ1) is 12.7. The molecule has 4 unspecified atom stereocenters. The van der Waals surface area contributed by atoms with E-state index in [2.05, 4.69) is 23.7 Å². The van der Waals surface area contributed by atoms with Gasteiger partial charge in [-0.15, -0.1) is 49.4 Å². The van der Waals surface area contributed by atoms with Crippen LogP contribution in [0, 0.1) is 84.9 Å². The smallest absolute Gasteiger partial charge is 0.0244 e. The molecule has 0 heterocycles.